The van der Waals surface area contributed by atoms with E-state index < -0.39 is 0 Å². The molecule has 16 heavy (non-hydrogen) atoms. The molecule has 5 heteroatoms. The van der Waals surface area contributed by atoms with E-state index >= 15 is 0 Å². The van der Waals surface area contributed by atoms with Crippen molar-refractivity contribution >= 4 is 17.0 Å². The average molecular weight is 220 g/mol. The van der Waals surface area contributed by atoms with E-state index in [4.69, 9.17) is 9.25 Å². The minimum Gasteiger partial charge on any atom is -0.441 e. The molecule has 0 aliphatic rings. The van der Waals surface area contributed by atoms with E-state index in [1.54, 1.807) is 32.2 Å². The number of rotatable bonds is 2. The van der Waals surface area contributed by atoms with E-state index in [0.717, 1.165) is 5.06 Å². The Kier molecular flexibility index (Phi) is 2.62. The van der Waals surface area contributed by atoms with E-state index in [0.29, 0.717) is 22.6 Å². The molecular formula is C11H12N2O3. The van der Waals surface area contributed by atoms with Gasteiger partial charge in [-0.25, -0.2) is 10.0 Å². The normalized spacial score (nSPS) is 10.7. The molecule has 0 radical (unpaired) electrons. The fourth-order valence-corrected chi connectivity index (χ4v) is 1.44. The van der Waals surface area contributed by atoms with Gasteiger partial charge in [0.25, 0.3) is 5.91 Å². The number of hydroxylamine groups is 2. The van der Waals surface area contributed by atoms with E-state index in [9.17, 15) is 4.79 Å². The van der Waals surface area contributed by atoms with Crippen molar-refractivity contribution in [1.82, 2.24) is 10.0 Å². The zero-order valence-electron chi connectivity index (χ0n) is 9.35. The summed E-state index contributed by atoms with van der Waals surface area (Å²) in [5.74, 6) is 0.366. The van der Waals surface area contributed by atoms with Gasteiger partial charge in [0.15, 0.2) is 11.5 Å². The van der Waals surface area contributed by atoms with Crippen LogP contribution in [-0.2, 0) is 4.84 Å². The van der Waals surface area contributed by atoms with Crippen molar-refractivity contribution in [3.8, 4) is 0 Å². The third-order valence-corrected chi connectivity index (χ3v) is 2.30. The summed E-state index contributed by atoms with van der Waals surface area (Å²) in [5.41, 5.74) is 1.87. The van der Waals surface area contributed by atoms with E-state index in [1.165, 1.54) is 7.11 Å². The molecular weight excluding hydrogens is 208 g/mol. The van der Waals surface area contributed by atoms with Gasteiger partial charge in [0.2, 0.25) is 0 Å². The molecule has 0 saturated heterocycles. The van der Waals surface area contributed by atoms with Crippen molar-refractivity contribution in [3.05, 3.63) is 29.7 Å². The minimum absolute atomic E-state index is 0.218. The van der Waals surface area contributed by atoms with Crippen LogP contribution in [0.3, 0.4) is 0 Å². The summed E-state index contributed by atoms with van der Waals surface area (Å²) >= 11 is 0. The van der Waals surface area contributed by atoms with Gasteiger partial charge in [-0.3, -0.25) is 9.63 Å². The lowest BCUT2D eigenvalue weighted by Crippen LogP contribution is -2.25. The van der Waals surface area contributed by atoms with Gasteiger partial charge in [-0.15, -0.1) is 0 Å². The number of carbonyl (C=O) groups is 1. The van der Waals surface area contributed by atoms with Crippen LogP contribution in [0.4, 0.5) is 0 Å². The number of aryl methyl sites for hydroxylation is 1. The largest absolute Gasteiger partial charge is 0.441 e. The molecule has 1 aromatic carbocycles. The number of benzene rings is 1. The van der Waals surface area contributed by atoms with Crippen LogP contribution in [0.5, 0.6) is 0 Å². The zero-order valence-corrected chi connectivity index (χ0v) is 9.35. The molecule has 1 amide bonds. The van der Waals surface area contributed by atoms with Gasteiger partial charge in [0.05, 0.1) is 7.11 Å². The van der Waals surface area contributed by atoms with Crippen LogP contribution in [0.2, 0.25) is 0 Å². The standard InChI is InChI=1S/C11H12N2O3/c1-7-12-9-6-8(4-5-10(9)16-7)11(14)13(2)15-3/h4-6H,1-3H3. The molecule has 0 bridgehead atoms. The van der Waals surface area contributed by atoms with Gasteiger partial charge >= 0.3 is 0 Å². The van der Waals surface area contributed by atoms with Gasteiger partial charge in [0, 0.05) is 19.5 Å². The van der Waals surface area contributed by atoms with Gasteiger partial charge in [0.1, 0.15) is 5.52 Å². The number of carbonyl (C=O) groups excluding carboxylic acids is 1. The maximum absolute atomic E-state index is 11.8. The predicted molar refractivity (Wildman–Crippen MR) is 57.8 cm³/mol. The molecule has 0 fully saturated rings. The van der Waals surface area contributed by atoms with Gasteiger partial charge in [-0.1, -0.05) is 0 Å². The third kappa shape index (κ3) is 1.77. The monoisotopic (exact) mass is 220 g/mol. The SMILES string of the molecule is CON(C)C(=O)c1ccc2oc(C)nc2c1. The Labute approximate surface area is 92.6 Å². The molecule has 0 unspecified atom stereocenters. The Balaban J connectivity index is 2.42. The number of aromatic nitrogens is 1. The summed E-state index contributed by atoms with van der Waals surface area (Å²) < 4.78 is 5.32. The maximum atomic E-state index is 11.8. The van der Waals surface area contributed by atoms with Crippen LogP contribution in [0.25, 0.3) is 11.1 Å². The van der Waals surface area contributed by atoms with E-state index in [-0.39, 0.29) is 5.91 Å². The number of oxazole rings is 1. The van der Waals surface area contributed by atoms with Gasteiger partial charge in [-0.2, -0.15) is 0 Å². The second-order valence-corrected chi connectivity index (χ2v) is 3.40. The molecule has 1 aromatic heterocycles. The highest BCUT2D eigenvalue weighted by Crippen LogP contribution is 2.17. The van der Waals surface area contributed by atoms with Crippen molar-refractivity contribution in [3.63, 3.8) is 0 Å². The molecule has 0 saturated carbocycles. The number of nitrogens with zero attached hydrogens (tertiary/aromatic N) is 2. The highest BCUT2D eigenvalue weighted by atomic mass is 16.7. The Hall–Kier alpha value is -1.88. The molecule has 2 aromatic rings. The first-order valence-electron chi connectivity index (χ1n) is 4.81. The maximum Gasteiger partial charge on any atom is 0.277 e. The van der Waals surface area contributed by atoms with Gasteiger partial charge in [-0.05, 0) is 18.2 Å². The molecule has 84 valence electrons. The van der Waals surface area contributed by atoms with Crippen molar-refractivity contribution < 1.29 is 14.0 Å². The summed E-state index contributed by atoms with van der Waals surface area (Å²) in [6, 6.07) is 5.10. The summed E-state index contributed by atoms with van der Waals surface area (Å²) in [5, 5.41) is 1.16. The van der Waals surface area contributed by atoms with Crippen LogP contribution in [0, 0.1) is 6.92 Å². The summed E-state index contributed by atoms with van der Waals surface area (Å²) in [6.07, 6.45) is 0. The second-order valence-electron chi connectivity index (χ2n) is 3.40. The van der Waals surface area contributed by atoms with Crippen LogP contribution in [0.15, 0.2) is 22.6 Å². The molecule has 5 nitrogen and oxygen atoms in total. The van der Waals surface area contributed by atoms with Crippen molar-refractivity contribution in [1.29, 1.82) is 0 Å². The van der Waals surface area contributed by atoms with Crippen LogP contribution < -0.4 is 0 Å². The quantitative estimate of drug-likeness (QED) is 0.724. The number of amides is 1. The number of hydrogen-bond donors (Lipinski definition) is 0. The van der Waals surface area contributed by atoms with E-state index in [2.05, 4.69) is 4.98 Å². The van der Waals surface area contributed by atoms with Crippen LogP contribution in [0.1, 0.15) is 16.2 Å². The summed E-state index contributed by atoms with van der Waals surface area (Å²) in [6.45, 7) is 1.77. The third-order valence-electron chi connectivity index (χ3n) is 2.30. The smallest absolute Gasteiger partial charge is 0.277 e. The summed E-state index contributed by atoms with van der Waals surface area (Å²) in [4.78, 5) is 20.8. The Morgan fingerprint density at radius 1 is 1.50 bits per heavy atom. The Morgan fingerprint density at radius 3 is 2.94 bits per heavy atom. The first-order chi connectivity index (χ1) is 7.61. The molecule has 0 N–H and O–H groups in total. The lowest BCUT2D eigenvalue weighted by atomic mass is 10.2. The lowest BCUT2D eigenvalue weighted by Gasteiger charge is -2.12. The van der Waals surface area contributed by atoms with Crippen LogP contribution >= 0.6 is 0 Å². The fourth-order valence-electron chi connectivity index (χ4n) is 1.44. The van der Waals surface area contributed by atoms with Crippen LogP contribution in [-0.4, -0.2) is 30.1 Å². The number of hydrogen-bond acceptors (Lipinski definition) is 4. The van der Waals surface area contributed by atoms with Crippen molar-refractivity contribution in [2.75, 3.05) is 14.2 Å². The Bertz CT molecular complexity index is 533. The van der Waals surface area contributed by atoms with Gasteiger partial charge < -0.3 is 4.42 Å². The second kappa shape index (κ2) is 3.94. The molecule has 0 spiro atoms. The summed E-state index contributed by atoms with van der Waals surface area (Å²) in [7, 11) is 3.00. The van der Waals surface area contributed by atoms with Crippen molar-refractivity contribution in [2.45, 2.75) is 6.92 Å². The highest BCUT2D eigenvalue weighted by Gasteiger charge is 2.13. The predicted octanol–water partition coefficient (Wildman–Crippen LogP) is 1.77. The highest BCUT2D eigenvalue weighted by molar-refractivity contribution is 5.96. The molecule has 2 rings (SSSR count). The molecule has 0 aliphatic heterocycles. The molecule has 0 aliphatic carbocycles. The molecule has 0 atom stereocenters. The molecule has 1 heterocycles. The topological polar surface area (TPSA) is 55.6 Å². The first kappa shape index (κ1) is 10.6. The van der Waals surface area contributed by atoms with E-state index in [1.807, 2.05) is 0 Å². The lowest BCUT2D eigenvalue weighted by molar-refractivity contribution is -0.0756. The zero-order chi connectivity index (χ0) is 11.7. The number of fused-ring (bicyclic) bond motifs is 1. The average Bonchev–Trinajstić information content (AvgIpc) is 2.65. The van der Waals surface area contributed by atoms with Crippen molar-refractivity contribution in [2.24, 2.45) is 0 Å². The first-order valence-corrected chi connectivity index (χ1v) is 4.81. The minimum atomic E-state index is -0.218. The Morgan fingerprint density at radius 2 is 2.25 bits per heavy atom. The fraction of sp³-hybridized carbons (Fsp3) is 0.273.